The SMILES string of the molecule is Cc1ccc(C(C)C)nc1-c1cc(C(C)C)ncc1F. The van der Waals surface area contributed by atoms with E-state index in [1.807, 2.05) is 25.1 Å². The van der Waals surface area contributed by atoms with Crippen molar-refractivity contribution in [2.24, 2.45) is 0 Å². The summed E-state index contributed by atoms with van der Waals surface area (Å²) >= 11 is 0. The molecule has 0 aliphatic rings. The Hall–Kier alpha value is -1.77. The van der Waals surface area contributed by atoms with Gasteiger partial charge in [-0.25, -0.2) is 4.39 Å². The quantitative estimate of drug-likeness (QED) is 0.799. The number of halogens is 1. The van der Waals surface area contributed by atoms with Crippen molar-refractivity contribution < 1.29 is 4.39 Å². The Morgan fingerprint density at radius 2 is 1.65 bits per heavy atom. The van der Waals surface area contributed by atoms with E-state index in [0.29, 0.717) is 11.5 Å². The minimum Gasteiger partial charge on any atom is -0.258 e. The summed E-state index contributed by atoms with van der Waals surface area (Å²) < 4.78 is 14.1. The summed E-state index contributed by atoms with van der Waals surface area (Å²) in [6.07, 6.45) is 1.30. The lowest BCUT2D eigenvalue weighted by molar-refractivity contribution is 0.619. The highest BCUT2D eigenvalue weighted by atomic mass is 19.1. The first kappa shape index (κ1) is 14.6. The standard InChI is InChI=1S/C17H21FN2/c1-10(2)15-7-6-12(5)17(20-15)13-8-16(11(3)4)19-9-14(13)18/h6-11H,1-5H3. The summed E-state index contributed by atoms with van der Waals surface area (Å²) in [6.45, 7) is 10.2. The number of aryl methyl sites for hydroxylation is 1. The van der Waals surface area contributed by atoms with Gasteiger partial charge in [-0.2, -0.15) is 0 Å². The molecule has 0 spiro atoms. The molecule has 0 aliphatic heterocycles. The first-order valence-corrected chi connectivity index (χ1v) is 7.03. The lowest BCUT2D eigenvalue weighted by atomic mass is 10.0. The van der Waals surface area contributed by atoms with Crippen LogP contribution in [0.4, 0.5) is 4.39 Å². The fourth-order valence-electron chi connectivity index (χ4n) is 2.09. The zero-order chi connectivity index (χ0) is 14.9. The molecule has 2 rings (SSSR count). The first-order valence-electron chi connectivity index (χ1n) is 7.03. The number of rotatable bonds is 3. The third-order valence-corrected chi connectivity index (χ3v) is 3.43. The number of nitrogens with zero attached hydrogens (tertiary/aromatic N) is 2. The average molecular weight is 272 g/mol. The molecule has 0 fully saturated rings. The Bertz CT molecular complexity index is 563. The highest BCUT2D eigenvalue weighted by Crippen LogP contribution is 2.28. The van der Waals surface area contributed by atoms with Gasteiger partial charge in [0.05, 0.1) is 11.9 Å². The summed E-state index contributed by atoms with van der Waals surface area (Å²) in [5, 5.41) is 0. The van der Waals surface area contributed by atoms with Crippen molar-refractivity contribution >= 4 is 0 Å². The highest BCUT2D eigenvalue weighted by molar-refractivity contribution is 5.64. The second kappa shape index (κ2) is 5.70. The minimum atomic E-state index is -0.314. The molecule has 0 radical (unpaired) electrons. The van der Waals surface area contributed by atoms with Gasteiger partial charge in [-0.3, -0.25) is 9.97 Å². The predicted molar refractivity (Wildman–Crippen MR) is 80.3 cm³/mol. The van der Waals surface area contributed by atoms with Crippen LogP contribution >= 0.6 is 0 Å². The largest absolute Gasteiger partial charge is 0.258 e. The smallest absolute Gasteiger partial charge is 0.150 e. The Balaban J connectivity index is 2.61. The van der Waals surface area contributed by atoms with Crippen molar-refractivity contribution in [2.45, 2.75) is 46.5 Å². The van der Waals surface area contributed by atoms with Crippen LogP contribution < -0.4 is 0 Å². The van der Waals surface area contributed by atoms with Crippen molar-refractivity contribution in [3.63, 3.8) is 0 Å². The minimum absolute atomic E-state index is 0.267. The molecule has 0 aromatic carbocycles. The molecule has 0 amide bonds. The molecule has 2 nitrogen and oxygen atoms in total. The van der Waals surface area contributed by atoms with Gasteiger partial charge in [0.1, 0.15) is 0 Å². The van der Waals surface area contributed by atoms with Gasteiger partial charge in [0.25, 0.3) is 0 Å². The lowest BCUT2D eigenvalue weighted by Gasteiger charge is -2.13. The van der Waals surface area contributed by atoms with E-state index in [9.17, 15) is 4.39 Å². The second-order valence-corrected chi connectivity index (χ2v) is 5.80. The fourth-order valence-corrected chi connectivity index (χ4v) is 2.09. The molecule has 106 valence electrons. The van der Waals surface area contributed by atoms with Crippen LogP contribution in [-0.4, -0.2) is 9.97 Å². The molecule has 20 heavy (non-hydrogen) atoms. The summed E-state index contributed by atoms with van der Waals surface area (Å²) in [4.78, 5) is 8.78. The Kier molecular flexibility index (Phi) is 4.17. The Morgan fingerprint density at radius 1 is 1.00 bits per heavy atom. The van der Waals surface area contributed by atoms with Crippen LogP contribution in [0.1, 0.15) is 56.5 Å². The monoisotopic (exact) mass is 272 g/mol. The van der Waals surface area contributed by atoms with E-state index < -0.39 is 0 Å². The molecular formula is C17H21FN2. The fraction of sp³-hybridized carbons (Fsp3) is 0.412. The van der Waals surface area contributed by atoms with Crippen LogP contribution in [0.3, 0.4) is 0 Å². The van der Waals surface area contributed by atoms with Gasteiger partial charge in [0.15, 0.2) is 5.82 Å². The predicted octanol–water partition coefficient (Wildman–Crippen LogP) is 4.84. The maximum absolute atomic E-state index is 14.1. The maximum atomic E-state index is 14.1. The highest BCUT2D eigenvalue weighted by Gasteiger charge is 2.14. The van der Waals surface area contributed by atoms with E-state index in [2.05, 4.69) is 37.7 Å². The number of hydrogen-bond donors (Lipinski definition) is 0. The molecule has 0 aliphatic carbocycles. The van der Waals surface area contributed by atoms with E-state index in [1.54, 1.807) is 0 Å². The van der Waals surface area contributed by atoms with Crippen molar-refractivity contribution in [1.29, 1.82) is 0 Å². The summed E-state index contributed by atoms with van der Waals surface area (Å²) in [5.74, 6) is 0.276. The average Bonchev–Trinajstić information content (AvgIpc) is 2.39. The van der Waals surface area contributed by atoms with Crippen LogP contribution in [0, 0.1) is 12.7 Å². The van der Waals surface area contributed by atoms with Crippen molar-refractivity contribution in [3.8, 4) is 11.3 Å². The number of pyridine rings is 2. The normalized spacial score (nSPS) is 11.4. The third kappa shape index (κ3) is 2.87. The van der Waals surface area contributed by atoms with E-state index in [1.165, 1.54) is 6.20 Å². The van der Waals surface area contributed by atoms with Crippen molar-refractivity contribution in [1.82, 2.24) is 9.97 Å². The van der Waals surface area contributed by atoms with Gasteiger partial charge in [0, 0.05) is 17.0 Å². The second-order valence-electron chi connectivity index (χ2n) is 5.80. The summed E-state index contributed by atoms with van der Waals surface area (Å²) in [5.41, 5.74) is 4.11. The molecule has 0 N–H and O–H groups in total. The van der Waals surface area contributed by atoms with Crippen LogP contribution in [-0.2, 0) is 0 Å². The van der Waals surface area contributed by atoms with E-state index in [4.69, 9.17) is 0 Å². The summed E-state index contributed by atoms with van der Waals surface area (Å²) in [7, 11) is 0. The van der Waals surface area contributed by atoms with E-state index in [-0.39, 0.29) is 11.7 Å². The maximum Gasteiger partial charge on any atom is 0.150 e. The molecule has 2 aromatic heterocycles. The van der Waals surface area contributed by atoms with Crippen LogP contribution in [0.25, 0.3) is 11.3 Å². The topological polar surface area (TPSA) is 25.8 Å². The molecule has 0 unspecified atom stereocenters. The van der Waals surface area contributed by atoms with Gasteiger partial charge in [0.2, 0.25) is 0 Å². The summed E-state index contributed by atoms with van der Waals surface area (Å²) in [6, 6.07) is 5.83. The molecule has 0 saturated heterocycles. The number of aromatic nitrogens is 2. The zero-order valence-corrected chi connectivity index (χ0v) is 12.7. The van der Waals surface area contributed by atoms with E-state index in [0.717, 1.165) is 22.6 Å². The van der Waals surface area contributed by atoms with Crippen LogP contribution in [0.5, 0.6) is 0 Å². The van der Waals surface area contributed by atoms with Gasteiger partial charge in [-0.05, 0) is 36.5 Å². The molecule has 2 heterocycles. The van der Waals surface area contributed by atoms with Gasteiger partial charge < -0.3 is 0 Å². The van der Waals surface area contributed by atoms with Gasteiger partial charge in [-0.15, -0.1) is 0 Å². The van der Waals surface area contributed by atoms with Crippen molar-refractivity contribution in [2.75, 3.05) is 0 Å². The zero-order valence-electron chi connectivity index (χ0n) is 12.7. The third-order valence-electron chi connectivity index (χ3n) is 3.43. The molecule has 2 aromatic rings. The van der Waals surface area contributed by atoms with Crippen LogP contribution in [0.2, 0.25) is 0 Å². The molecular weight excluding hydrogens is 251 g/mol. The van der Waals surface area contributed by atoms with Gasteiger partial charge in [-0.1, -0.05) is 33.8 Å². The molecule has 0 bridgehead atoms. The van der Waals surface area contributed by atoms with Crippen molar-refractivity contribution in [3.05, 3.63) is 47.2 Å². The van der Waals surface area contributed by atoms with E-state index >= 15 is 0 Å². The molecule has 0 saturated carbocycles. The number of hydrogen-bond acceptors (Lipinski definition) is 2. The first-order chi connectivity index (χ1) is 9.40. The molecule has 0 atom stereocenters. The van der Waals surface area contributed by atoms with Crippen LogP contribution in [0.15, 0.2) is 24.4 Å². The van der Waals surface area contributed by atoms with Gasteiger partial charge >= 0.3 is 0 Å². The Morgan fingerprint density at radius 3 is 2.25 bits per heavy atom. The Labute approximate surface area is 120 Å². The lowest BCUT2D eigenvalue weighted by Crippen LogP contribution is -2.01. The molecule has 3 heteroatoms.